The van der Waals surface area contributed by atoms with Gasteiger partial charge in [0.15, 0.2) is 5.11 Å². The standard InChI is InChI=1S/C20H24N2O2S2/c1-12-9-10-13(2)15(11-12)21-20(25)22-18-17(19(23)24-3)14-7-5-4-6-8-16(14)26-18/h9-11H,4-8H2,1-3H3,(H2,21,22,25). The summed E-state index contributed by atoms with van der Waals surface area (Å²) in [6.07, 6.45) is 5.42. The number of rotatable bonds is 3. The highest BCUT2D eigenvalue weighted by atomic mass is 32.1. The Morgan fingerprint density at radius 1 is 1.15 bits per heavy atom. The van der Waals surface area contributed by atoms with Crippen molar-refractivity contribution >= 4 is 45.3 Å². The Balaban J connectivity index is 1.85. The number of hydrogen-bond acceptors (Lipinski definition) is 4. The number of thiocarbonyl (C=S) groups is 1. The number of methoxy groups -OCH3 is 1. The van der Waals surface area contributed by atoms with Gasteiger partial charge < -0.3 is 15.4 Å². The van der Waals surface area contributed by atoms with Crippen molar-refractivity contribution in [2.75, 3.05) is 17.7 Å². The molecule has 0 radical (unpaired) electrons. The number of carbonyl (C=O) groups is 1. The van der Waals surface area contributed by atoms with Crippen molar-refractivity contribution in [3.8, 4) is 0 Å². The predicted octanol–water partition coefficient (Wildman–Crippen LogP) is 5.23. The summed E-state index contributed by atoms with van der Waals surface area (Å²) in [6.45, 7) is 4.09. The zero-order chi connectivity index (χ0) is 18.7. The molecule has 26 heavy (non-hydrogen) atoms. The first-order chi connectivity index (χ1) is 12.5. The molecule has 0 atom stereocenters. The number of hydrogen-bond donors (Lipinski definition) is 2. The van der Waals surface area contributed by atoms with Gasteiger partial charge in [-0.25, -0.2) is 4.79 Å². The SMILES string of the molecule is COC(=O)c1c(NC(=S)Nc2cc(C)ccc2C)sc2c1CCCCC2. The number of carbonyl (C=O) groups excluding carboxylic acids is 1. The van der Waals surface area contributed by atoms with Gasteiger partial charge in [-0.2, -0.15) is 0 Å². The molecule has 0 unspecified atom stereocenters. The molecule has 0 amide bonds. The molecule has 2 aromatic rings. The number of anilines is 2. The third-order valence-corrected chi connectivity index (χ3v) is 6.09. The lowest BCUT2D eigenvalue weighted by Crippen LogP contribution is -2.20. The Labute approximate surface area is 164 Å². The average Bonchev–Trinajstić information content (AvgIpc) is 2.78. The maximum atomic E-state index is 12.4. The summed E-state index contributed by atoms with van der Waals surface area (Å²) in [4.78, 5) is 13.7. The van der Waals surface area contributed by atoms with Crippen LogP contribution in [0.5, 0.6) is 0 Å². The minimum absolute atomic E-state index is 0.290. The van der Waals surface area contributed by atoms with Gasteiger partial charge in [-0.1, -0.05) is 18.6 Å². The minimum atomic E-state index is -0.290. The molecule has 1 heterocycles. The van der Waals surface area contributed by atoms with E-state index in [-0.39, 0.29) is 5.97 Å². The van der Waals surface area contributed by atoms with Gasteiger partial charge in [0.1, 0.15) is 5.00 Å². The molecule has 6 heteroatoms. The Bertz CT molecular complexity index is 843. The van der Waals surface area contributed by atoms with Gasteiger partial charge in [0.2, 0.25) is 0 Å². The Hall–Kier alpha value is -1.92. The highest BCUT2D eigenvalue weighted by Gasteiger charge is 2.25. The summed E-state index contributed by atoms with van der Waals surface area (Å²) >= 11 is 7.13. The van der Waals surface area contributed by atoms with E-state index >= 15 is 0 Å². The van der Waals surface area contributed by atoms with E-state index in [2.05, 4.69) is 28.8 Å². The molecule has 0 aliphatic heterocycles. The zero-order valence-corrected chi connectivity index (χ0v) is 17.0. The van der Waals surface area contributed by atoms with E-state index in [1.165, 1.54) is 30.4 Å². The van der Waals surface area contributed by atoms with Crippen LogP contribution in [0.4, 0.5) is 10.7 Å². The molecule has 1 aliphatic carbocycles. The van der Waals surface area contributed by atoms with Gasteiger partial charge in [0.25, 0.3) is 0 Å². The van der Waals surface area contributed by atoms with Crippen molar-refractivity contribution in [2.45, 2.75) is 46.0 Å². The molecule has 1 aromatic carbocycles. The van der Waals surface area contributed by atoms with E-state index in [0.29, 0.717) is 10.7 Å². The highest BCUT2D eigenvalue weighted by Crippen LogP contribution is 2.38. The number of aryl methyl sites for hydroxylation is 3. The molecule has 1 aromatic heterocycles. The third kappa shape index (κ3) is 4.07. The maximum Gasteiger partial charge on any atom is 0.341 e. The van der Waals surface area contributed by atoms with Gasteiger partial charge in [-0.15, -0.1) is 11.3 Å². The Kier molecular flexibility index (Phi) is 5.94. The van der Waals surface area contributed by atoms with Crippen LogP contribution in [0.25, 0.3) is 0 Å². The second kappa shape index (κ2) is 8.18. The van der Waals surface area contributed by atoms with Gasteiger partial charge in [0, 0.05) is 10.6 Å². The van der Waals surface area contributed by atoms with Gasteiger partial charge in [0.05, 0.1) is 12.7 Å². The lowest BCUT2D eigenvalue weighted by Gasteiger charge is -2.13. The second-order valence-corrected chi connectivity index (χ2v) is 8.17. The summed E-state index contributed by atoms with van der Waals surface area (Å²) in [5.41, 5.74) is 5.05. The van der Waals surface area contributed by atoms with Crippen LogP contribution in [0.1, 0.15) is 51.2 Å². The van der Waals surface area contributed by atoms with E-state index in [1.54, 1.807) is 11.3 Å². The number of benzene rings is 1. The molecule has 0 bridgehead atoms. The summed E-state index contributed by atoms with van der Waals surface area (Å²) in [5, 5.41) is 7.76. The van der Waals surface area contributed by atoms with Crippen LogP contribution >= 0.6 is 23.6 Å². The molecule has 2 N–H and O–H groups in total. The molecule has 4 nitrogen and oxygen atoms in total. The normalized spacial score (nSPS) is 13.5. The van der Waals surface area contributed by atoms with Crippen molar-refractivity contribution in [1.82, 2.24) is 0 Å². The fraction of sp³-hybridized carbons (Fsp3) is 0.400. The molecule has 0 fully saturated rings. The number of thiophene rings is 1. The highest BCUT2D eigenvalue weighted by molar-refractivity contribution is 7.80. The quantitative estimate of drug-likeness (QED) is 0.428. The molecule has 0 saturated heterocycles. The first kappa shape index (κ1) is 18.9. The van der Waals surface area contributed by atoms with Crippen molar-refractivity contribution in [3.05, 3.63) is 45.3 Å². The second-order valence-electron chi connectivity index (χ2n) is 6.66. The topological polar surface area (TPSA) is 50.4 Å². The monoisotopic (exact) mass is 388 g/mol. The van der Waals surface area contributed by atoms with Crippen molar-refractivity contribution in [2.24, 2.45) is 0 Å². The largest absolute Gasteiger partial charge is 0.465 e. The first-order valence-corrected chi connectivity index (χ1v) is 10.1. The van der Waals surface area contributed by atoms with Crippen LogP contribution in [0.3, 0.4) is 0 Å². The molecule has 1 aliphatic rings. The molecule has 138 valence electrons. The van der Waals surface area contributed by atoms with Crippen LogP contribution < -0.4 is 10.6 Å². The molecular weight excluding hydrogens is 364 g/mol. The molecule has 0 saturated carbocycles. The summed E-state index contributed by atoms with van der Waals surface area (Å²) < 4.78 is 5.04. The van der Waals surface area contributed by atoms with Crippen LogP contribution in [-0.2, 0) is 17.6 Å². The predicted molar refractivity (Wildman–Crippen MR) is 113 cm³/mol. The van der Waals surface area contributed by atoms with Crippen molar-refractivity contribution in [1.29, 1.82) is 0 Å². The van der Waals surface area contributed by atoms with E-state index < -0.39 is 0 Å². The average molecular weight is 389 g/mol. The van der Waals surface area contributed by atoms with Gasteiger partial charge in [-0.3, -0.25) is 0 Å². The van der Waals surface area contributed by atoms with E-state index in [0.717, 1.165) is 41.1 Å². The maximum absolute atomic E-state index is 12.4. The summed E-state index contributed by atoms with van der Waals surface area (Å²) in [7, 11) is 1.43. The number of fused-ring (bicyclic) bond motifs is 1. The number of ether oxygens (including phenoxy) is 1. The minimum Gasteiger partial charge on any atom is -0.465 e. The van der Waals surface area contributed by atoms with Gasteiger partial charge >= 0.3 is 5.97 Å². The van der Waals surface area contributed by atoms with E-state index in [9.17, 15) is 4.79 Å². The van der Waals surface area contributed by atoms with Gasteiger partial charge in [-0.05, 0) is 74.5 Å². The van der Waals surface area contributed by atoms with Crippen LogP contribution in [0.15, 0.2) is 18.2 Å². The van der Waals surface area contributed by atoms with Crippen molar-refractivity contribution in [3.63, 3.8) is 0 Å². The fourth-order valence-electron chi connectivity index (χ4n) is 3.28. The third-order valence-electron chi connectivity index (χ3n) is 4.68. The zero-order valence-electron chi connectivity index (χ0n) is 15.4. The van der Waals surface area contributed by atoms with E-state index in [1.807, 2.05) is 13.8 Å². The Morgan fingerprint density at radius 2 is 1.92 bits per heavy atom. The van der Waals surface area contributed by atoms with Crippen molar-refractivity contribution < 1.29 is 9.53 Å². The first-order valence-electron chi connectivity index (χ1n) is 8.87. The lowest BCUT2D eigenvalue weighted by atomic mass is 10.1. The smallest absolute Gasteiger partial charge is 0.341 e. The lowest BCUT2D eigenvalue weighted by molar-refractivity contribution is 0.0601. The summed E-state index contributed by atoms with van der Waals surface area (Å²) in [5.74, 6) is -0.290. The molecule has 0 spiro atoms. The van der Waals surface area contributed by atoms with E-state index in [4.69, 9.17) is 17.0 Å². The molecular formula is C20H24N2O2S2. The van der Waals surface area contributed by atoms with Crippen LogP contribution in [0, 0.1) is 13.8 Å². The van der Waals surface area contributed by atoms with Crippen LogP contribution in [-0.4, -0.2) is 18.2 Å². The summed E-state index contributed by atoms with van der Waals surface area (Å²) in [6, 6.07) is 6.20. The molecule has 3 rings (SSSR count). The Morgan fingerprint density at radius 3 is 2.69 bits per heavy atom. The number of esters is 1. The number of nitrogens with one attached hydrogen (secondary N) is 2. The fourth-order valence-corrected chi connectivity index (χ4v) is 4.83. The van der Waals surface area contributed by atoms with Crippen LogP contribution in [0.2, 0.25) is 0 Å².